The Bertz CT molecular complexity index is 279. The first kappa shape index (κ1) is 7.79. The van der Waals surface area contributed by atoms with Gasteiger partial charge in [-0.2, -0.15) is 0 Å². The first-order chi connectivity index (χ1) is 5.24. The Morgan fingerprint density at radius 3 is 2.73 bits per heavy atom. The van der Waals surface area contributed by atoms with Crippen molar-refractivity contribution in [3.63, 3.8) is 0 Å². The van der Waals surface area contributed by atoms with Gasteiger partial charge in [-0.25, -0.2) is 0 Å². The van der Waals surface area contributed by atoms with Gasteiger partial charge in [-0.1, -0.05) is 6.07 Å². The van der Waals surface area contributed by atoms with Crippen LogP contribution in [0.1, 0.15) is 11.1 Å². The van der Waals surface area contributed by atoms with Gasteiger partial charge in [-0.05, 0) is 24.6 Å². The fourth-order valence-corrected chi connectivity index (χ4v) is 0.902. The summed E-state index contributed by atoms with van der Waals surface area (Å²) >= 11 is 0. The Hall–Kier alpha value is -1.31. The highest BCUT2D eigenvalue weighted by atomic mass is 16.3. The van der Waals surface area contributed by atoms with Gasteiger partial charge in [-0.15, -0.1) is 0 Å². The Morgan fingerprint density at radius 1 is 1.45 bits per heavy atom. The van der Waals surface area contributed by atoms with Crippen LogP contribution < -0.4 is 0 Å². The highest BCUT2D eigenvalue weighted by Crippen LogP contribution is 2.15. The molecule has 1 aromatic carbocycles. The molecule has 2 heteroatoms. The van der Waals surface area contributed by atoms with E-state index in [1.54, 1.807) is 19.3 Å². The molecule has 58 valence electrons. The number of phenols is 1. The summed E-state index contributed by atoms with van der Waals surface area (Å²) in [4.78, 5) is 3.81. The van der Waals surface area contributed by atoms with Crippen LogP contribution in [0.5, 0.6) is 5.75 Å². The van der Waals surface area contributed by atoms with Gasteiger partial charge in [0, 0.05) is 18.8 Å². The predicted octanol–water partition coefficient (Wildman–Crippen LogP) is 1.75. The van der Waals surface area contributed by atoms with Crippen LogP contribution in [0.3, 0.4) is 0 Å². The van der Waals surface area contributed by atoms with Crippen LogP contribution in [0.25, 0.3) is 0 Å². The standard InChI is InChI=1S/C9H11NO/c1-7-3-4-8(6-10-2)9(11)5-7/h3-6,11H,1-2H3/b10-6+. The van der Waals surface area contributed by atoms with E-state index < -0.39 is 0 Å². The van der Waals surface area contributed by atoms with E-state index in [1.807, 2.05) is 19.1 Å². The number of phenolic OH excluding ortho intramolecular Hbond substituents is 1. The minimum absolute atomic E-state index is 0.288. The van der Waals surface area contributed by atoms with Gasteiger partial charge in [0.05, 0.1) is 0 Å². The van der Waals surface area contributed by atoms with Crippen LogP contribution in [-0.2, 0) is 0 Å². The summed E-state index contributed by atoms with van der Waals surface area (Å²) in [6.45, 7) is 1.94. The van der Waals surface area contributed by atoms with E-state index in [0.717, 1.165) is 11.1 Å². The summed E-state index contributed by atoms with van der Waals surface area (Å²) in [5, 5.41) is 9.33. The summed E-state index contributed by atoms with van der Waals surface area (Å²) in [5.41, 5.74) is 1.81. The Labute approximate surface area is 66.2 Å². The van der Waals surface area contributed by atoms with Crippen molar-refractivity contribution in [1.29, 1.82) is 0 Å². The number of hydrogen-bond acceptors (Lipinski definition) is 2. The van der Waals surface area contributed by atoms with Crippen LogP contribution in [0.2, 0.25) is 0 Å². The van der Waals surface area contributed by atoms with Gasteiger partial charge in [0.2, 0.25) is 0 Å². The van der Waals surface area contributed by atoms with Crippen molar-refractivity contribution in [2.45, 2.75) is 6.92 Å². The molecule has 0 atom stereocenters. The molecular formula is C9H11NO. The van der Waals surface area contributed by atoms with E-state index >= 15 is 0 Å². The van der Waals surface area contributed by atoms with E-state index in [1.165, 1.54) is 0 Å². The minimum atomic E-state index is 0.288. The molecule has 0 fully saturated rings. The third kappa shape index (κ3) is 1.80. The molecule has 2 nitrogen and oxygen atoms in total. The molecule has 0 amide bonds. The zero-order valence-electron chi connectivity index (χ0n) is 6.70. The second-order valence-electron chi connectivity index (χ2n) is 2.45. The van der Waals surface area contributed by atoms with E-state index in [2.05, 4.69) is 4.99 Å². The molecule has 0 heterocycles. The van der Waals surface area contributed by atoms with Crippen molar-refractivity contribution in [3.8, 4) is 5.75 Å². The fourth-order valence-electron chi connectivity index (χ4n) is 0.902. The molecule has 0 saturated carbocycles. The number of aliphatic imine (C=N–C) groups is 1. The Kier molecular flexibility index (Phi) is 2.26. The van der Waals surface area contributed by atoms with Gasteiger partial charge in [0.1, 0.15) is 5.75 Å². The summed E-state index contributed by atoms with van der Waals surface area (Å²) in [6.07, 6.45) is 1.63. The monoisotopic (exact) mass is 149 g/mol. The average molecular weight is 149 g/mol. The maximum Gasteiger partial charge on any atom is 0.124 e. The quantitative estimate of drug-likeness (QED) is 0.606. The van der Waals surface area contributed by atoms with Gasteiger partial charge < -0.3 is 5.11 Å². The first-order valence-corrected chi connectivity index (χ1v) is 3.46. The molecule has 0 spiro atoms. The van der Waals surface area contributed by atoms with Crippen LogP contribution >= 0.6 is 0 Å². The summed E-state index contributed by atoms with van der Waals surface area (Å²) in [5.74, 6) is 0.288. The van der Waals surface area contributed by atoms with Gasteiger partial charge in [0.25, 0.3) is 0 Å². The number of nitrogens with zero attached hydrogens (tertiary/aromatic N) is 1. The lowest BCUT2D eigenvalue weighted by atomic mass is 10.1. The zero-order chi connectivity index (χ0) is 8.27. The molecular weight excluding hydrogens is 138 g/mol. The van der Waals surface area contributed by atoms with Crippen molar-refractivity contribution >= 4 is 6.21 Å². The van der Waals surface area contributed by atoms with Crippen molar-refractivity contribution in [2.24, 2.45) is 4.99 Å². The molecule has 1 aromatic rings. The molecule has 1 N–H and O–H groups in total. The maximum atomic E-state index is 9.33. The summed E-state index contributed by atoms with van der Waals surface area (Å²) in [6, 6.07) is 5.51. The number of aromatic hydroxyl groups is 1. The lowest BCUT2D eigenvalue weighted by Gasteiger charge is -1.98. The lowest BCUT2D eigenvalue weighted by molar-refractivity contribution is 0.474. The van der Waals surface area contributed by atoms with Gasteiger partial charge in [0.15, 0.2) is 0 Å². The summed E-state index contributed by atoms with van der Waals surface area (Å²) in [7, 11) is 1.68. The topological polar surface area (TPSA) is 32.6 Å². The molecule has 0 aliphatic carbocycles. The van der Waals surface area contributed by atoms with Crippen LogP contribution in [0.4, 0.5) is 0 Å². The van der Waals surface area contributed by atoms with Crippen LogP contribution in [-0.4, -0.2) is 18.4 Å². The number of aryl methyl sites for hydroxylation is 1. The molecule has 0 aliphatic heterocycles. The van der Waals surface area contributed by atoms with E-state index in [4.69, 9.17) is 0 Å². The summed E-state index contributed by atoms with van der Waals surface area (Å²) < 4.78 is 0. The number of hydrogen-bond donors (Lipinski definition) is 1. The minimum Gasteiger partial charge on any atom is -0.507 e. The highest BCUT2D eigenvalue weighted by Gasteiger charge is 1.95. The zero-order valence-corrected chi connectivity index (χ0v) is 6.70. The van der Waals surface area contributed by atoms with Crippen LogP contribution in [0.15, 0.2) is 23.2 Å². The Morgan fingerprint density at radius 2 is 2.18 bits per heavy atom. The fraction of sp³-hybridized carbons (Fsp3) is 0.222. The molecule has 1 rings (SSSR count). The SMILES string of the molecule is C/N=C/c1ccc(C)cc1O. The first-order valence-electron chi connectivity index (χ1n) is 3.46. The maximum absolute atomic E-state index is 9.33. The van der Waals surface area contributed by atoms with E-state index in [0.29, 0.717) is 0 Å². The number of rotatable bonds is 1. The van der Waals surface area contributed by atoms with Crippen molar-refractivity contribution in [2.75, 3.05) is 7.05 Å². The molecule has 0 radical (unpaired) electrons. The molecule has 0 saturated heterocycles. The molecule has 0 aromatic heterocycles. The van der Waals surface area contributed by atoms with Crippen molar-refractivity contribution in [3.05, 3.63) is 29.3 Å². The average Bonchev–Trinajstić information content (AvgIpc) is 1.95. The number of benzene rings is 1. The van der Waals surface area contributed by atoms with Gasteiger partial charge >= 0.3 is 0 Å². The molecule has 0 unspecified atom stereocenters. The highest BCUT2D eigenvalue weighted by molar-refractivity contribution is 5.83. The normalized spacial score (nSPS) is 10.7. The largest absolute Gasteiger partial charge is 0.507 e. The predicted molar refractivity (Wildman–Crippen MR) is 46.4 cm³/mol. The lowest BCUT2D eigenvalue weighted by Crippen LogP contribution is -1.82. The second kappa shape index (κ2) is 3.19. The molecule has 11 heavy (non-hydrogen) atoms. The smallest absolute Gasteiger partial charge is 0.124 e. The van der Waals surface area contributed by atoms with Gasteiger partial charge in [-0.3, -0.25) is 4.99 Å². The third-order valence-electron chi connectivity index (χ3n) is 1.45. The van der Waals surface area contributed by atoms with E-state index in [9.17, 15) is 5.11 Å². The van der Waals surface area contributed by atoms with Crippen LogP contribution in [0, 0.1) is 6.92 Å². The Balaban J connectivity index is 3.09. The van der Waals surface area contributed by atoms with E-state index in [-0.39, 0.29) is 5.75 Å². The molecule has 0 bridgehead atoms. The van der Waals surface area contributed by atoms with Crippen molar-refractivity contribution < 1.29 is 5.11 Å². The van der Waals surface area contributed by atoms with Crippen molar-refractivity contribution in [1.82, 2.24) is 0 Å². The third-order valence-corrected chi connectivity index (χ3v) is 1.45. The molecule has 0 aliphatic rings. The second-order valence-corrected chi connectivity index (χ2v) is 2.45.